The molecule has 0 spiro atoms. The number of amides is 2. The van der Waals surface area contributed by atoms with E-state index in [9.17, 15) is 9.59 Å². The SMILES string of the molecule is COc1cccc(C(=O)N2CCCC2c2nnc3n2CCN(C(C)=O)C3)c1. The molecule has 3 heterocycles. The van der Waals surface area contributed by atoms with Gasteiger partial charge in [-0.25, -0.2) is 0 Å². The van der Waals surface area contributed by atoms with Crippen LogP contribution in [0.2, 0.25) is 0 Å². The molecule has 2 aromatic rings. The number of hydrogen-bond acceptors (Lipinski definition) is 5. The first-order valence-electron chi connectivity index (χ1n) is 9.21. The zero-order chi connectivity index (χ0) is 19.0. The molecule has 2 aliphatic rings. The summed E-state index contributed by atoms with van der Waals surface area (Å²) in [5.74, 6) is 2.30. The first-order valence-corrected chi connectivity index (χ1v) is 9.21. The van der Waals surface area contributed by atoms with Crippen molar-refractivity contribution >= 4 is 11.8 Å². The van der Waals surface area contributed by atoms with Crippen LogP contribution in [0.15, 0.2) is 24.3 Å². The number of rotatable bonds is 3. The van der Waals surface area contributed by atoms with Crippen molar-refractivity contribution in [2.24, 2.45) is 0 Å². The molecule has 1 aromatic heterocycles. The van der Waals surface area contributed by atoms with Crippen LogP contribution in [0.4, 0.5) is 0 Å². The second-order valence-electron chi connectivity index (χ2n) is 6.96. The minimum Gasteiger partial charge on any atom is -0.497 e. The Bertz CT molecular complexity index is 878. The second kappa shape index (κ2) is 7.02. The number of carbonyl (C=O) groups is 2. The maximum atomic E-state index is 13.1. The lowest BCUT2D eigenvalue weighted by Gasteiger charge is -2.29. The van der Waals surface area contributed by atoms with Gasteiger partial charge >= 0.3 is 0 Å². The molecule has 4 rings (SSSR count). The van der Waals surface area contributed by atoms with Gasteiger partial charge in [0.2, 0.25) is 5.91 Å². The van der Waals surface area contributed by atoms with Gasteiger partial charge < -0.3 is 19.1 Å². The van der Waals surface area contributed by atoms with E-state index in [0.717, 1.165) is 24.5 Å². The van der Waals surface area contributed by atoms with E-state index in [2.05, 4.69) is 14.8 Å². The highest BCUT2D eigenvalue weighted by molar-refractivity contribution is 5.95. The number of fused-ring (bicyclic) bond motifs is 1. The van der Waals surface area contributed by atoms with E-state index in [1.807, 2.05) is 23.1 Å². The quantitative estimate of drug-likeness (QED) is 0.821. The third-order valence-electron chi connectivity index (χ3n) is 5.36. The normalized spacial score (nSPS) is 19.1. The molecule has 142 valence electrons. The van der Waals surface area contributed by atoms with Crippen LogP contribution in [0.3, 0.4) is 0 Å². The molecular weight excluding hydrogens is 346 g/mol. The second-order valence-corrected chi connectivity index (χ2v) is 6.96. The first-order chi connectivity index (χ1) is 13.1. The van der Waals surface area contributed by atoms with Crippen LogP contribution in [-0.4, -0.2) is 56.6 Å². The smallest absolute Gasteiger partial charge is 0.254 e. The Balaban J connectivity index is 1.59. The summed E-state index contributed by atoms with van der Waals surface area (Å²) in [5, 5.41) is 8.68. The number of ether oxygens (including phenoxy) is 1. The van der Waals surface area contributed by atoms with Crippen LogP contribution in [0, 0.1) is 0 Å². The Labute approximate surface area is 157 Å². The number of benzene rings is 1. The monoisotopic (exact) mass is 369 g/mol. The standard InChI is InChI=1S/C19H23N5O3/c1-13(25)22-9-10-24-17(12-22)20-21-18(24)16-7-4-8-23(16)19(26)14-5-3-6-15(11-14)27-2/h3,5-6,11,16H,4,7-10,12H2,1-2H3. The third kappa shape index (κ3) is 3.15. The fourth-order valence-corrected chi connectivity index (χ4v) is 3.90. The molecule has 27 heavy (non-hydrogen) atoms. The number of hydrogen-bond donors (Lipinski definition) is 0. The Morgan fingerprint density at radius 1 is 1.19 bits per heavy atom. The summed E-state index contributed by atoms with van der Waals surface area (Å²) in [4.78, 5) is 28.4. The maximum absolute atomic E-state index is 13.1. The van der Waals surface area contributed by atoms with Crippen LogP contribution in [0.25, 0.3) is 0 Å². The summed E-state index contributed by atoms with van der Waals surface area (Å²) < 4.78 is 7.31. The molecule has 1 atom stereocenters. The molecule has 1 fully saturated rings. The van der Waals surface area contributed by atoms with Gasteiger partial charge in [0.05, 0.1) is 19.7 Å². The molecule has 0 radical (unpaired) electrons. The van der Waals surface area contributed by atoms with Gasteiger partial charge in [0.25, 0.3) is 5.91 Å². The lowest BCUT2D eigenvalue weighted by Crippen LogP contribution is -2.38. The van der Waals surface area contributed by atoms with Crippen LogP contribution in [0.1, 0.15) is 47.8 Å². The Hall–Kier alpha value is -2.90. The molecule has 2 aliphatic heterocycles. The molecule has 1 aromatic carbocycles. The summed E-state index contributed by atoms with van der Waals surface area (Å²) in [6.45, 7) is 4.04. The van der Waals surface area contributed by atoms with Gasteiger partial charge in [-0.3, -0.25) is 9.59 Å². The molecule has 0 N–H and O–H groups in total. The average Bonchev–Trinajstić information content (AvgIpc) is 3.33. The molecule has 1 unspecified atom stereocenters. The van der Waals surface area contributed by atoms with E-state index in [4.69, 9.17) is 4.74 Å². The lowest BCUT2D eigenvalue weighted by atomic mass is 10.1. The van der Waals surface area contributed by atoms with Crippen molar-refractivity contribution in [2.45, 2.75) is 38.9 Å². The Morgan fingerprint density at radius 2 is 2.04 bits per heavy atom. The van der Waals surface area contributed by atoms with Gasteiger partial charge in [-0.1, -0.05) is 6.07 Å². The number of aromatic nitrogens is 3. The van der Waals surface area contributed by atoms with Crippen molar-refractivity contribution in [1.29, 1.82) is 0 Å². The predicted octanol–water partition coefficient (Wildman–Crippen LogP) is 1.63. The van der Waals surface area contributed by atoms with Crippen molar-refractivity contribution in [1.82, 2.24) is 24.6 Å². The zero-order valence-electron chi connectivity index (χ0n) is 15.6. The fourth-order valence-electron chi connectivity index (χ4n) is 3.90. The summed E-state index contributed by atoms with van der Waals surface area (Å²) in [7, 11) is 1.59. The molecule has 1 saturated heterocycles. The number of methoxy groups -OCH3 is 1. The number of likely N-dealkylation sites (tertiary alicyclic amines) is 1. The summed E-state index contributed by atoms with van der Waals surface area (Å²) in [5.41, 5.74) is 0.613. The van der Waals surface area contributed by atoms with Gasteiger partial charge in [0.1, 0.15) is 5.75 Å². The number of carbonyl (C=O) groups excluding carboxylic acids is 2. The molecule has 0 aliphatic carbocycles. The van der Waals surface area contributed by atoms with Crippen molar-refractivity contribution in [3.63, 3.8) is 0 Å². The minimum atomic E-state index is -0.0890. The third-order valence-corrected chi connectivity index (χ3v) is 5.36. The van der Waals surface area contributed by atoms with Crippen LogP contribution < -0.4 is 4.74 Å². The van der Waals surface area contributed by atoms with Crippen LogP contribution >= 0.6 is 0 Å². The largest absolute Gasteiger partial charge is 0.497 e. The summed E-state index contributed by atoms with van der Waals surface area (Å²) in [6, 6.07) is 7.14. The van der Waals surface area contributed by atoms with Crippen molar-refractivity contribution in [3.05, 3.63) is 41.5 Å². The Morgan fingerprint density at radius 3 is 2.81 bits per heavy atom. The highest BCUT2D eigenvalue weighted by atomic mass is 16.5. The van der Waals surface area contributed by atoms with Gasteiger partial charge in [0, 0.05) is 32.1 Å². The van der Waals surface area contributed by atoms with Gasteiger partial charge in [-0.2, -0.15) is 0 Å². The maximum Gasteiger partial charge on any atom is 0.254 e. The van der Waals surface area contributed by atoms with Crippen molar-refractivity contribution < 1.29 is 14.3 Å². The van der Waals surface area contributed by atoms with Crippen LogP contribution in [-0.2, 0) is 17.9 Å². The fraction of sp³-hybridized carbons (Fsp3) is 0.474. The molecule has 8 heteroatoms. The zero-order valence-corrected chi connectivity index (χ0v) is 15.6. The molecule has 2 amide bonds. The van der Waals surface area contributed by atoms with E-state index < -0.39 is 0 Å². The van der Waals surface area contributed by atoms with Gasteiger partial charge in [-0.05, 0) is 31.0 Å². The van der Waals surface area contributed by atoms with Gasteiger partial charge in [-0.15, -0.1) is 10.2 Å². The average molecular weight is 369 g/mol. The highest BCUT2D eigenvalue weighted by Gasteiger charge is 2.36. The first kappa shape index (κ1) is 17.5. The highest BCUT2D eigenvalue weighted by Crippen LogP contribution is 2.33. The van der Waals surface area contributed by atoms with Crippen molar-refractivity contribution in [2.75, 3.05) is 20.2 Å². The molecule has 0 saturated carbocycles. The van der Waals surface area contributed by atoms with E-state index in [1.165, 1.54) is 0 Å². The van der Waals surface area contributed by atoms with E-state index in [-0.39, 0.29) is 17.9 Å². The summed E-state index contributed by atoms with van der Waals surface area (Å²) in [6.07, 6.45) is 1.80. The topological polar surface area (TPSA) is 80.6 Å². The number of nitrogens with zero attached hydrogens (tertiary/aromatic N) is 5. The van der Waals surface area contributed by atoms with E-state index in [1.54, 1.807) is 25.0 Å². The summed E-state index contributed by atoms with van der Waals surface area (Å²) >= 11 is 0. The van der Waals surface area contributed by atoms with E-state index >= 15 is 0 Å². The molecule has 8 nitrogen and oxygen atoms in total. The Kier molecular flexibility index (Phi) is 4.55. The lowest BCUT2D eigenvalue weighted by molar-refractivity contribution is -0.130. The predicted molar refractivity (Wildman–Crippen MR) is 97.1 cm³/mol. The minimum absolute atomic E-state index is 0.0186. The van der Waals surface area contributed by atoms with Crippen molar-refractivity contribution in [3.8, 4) is 5.75 Å². The van der Waals surface area contributed by atoms with E-state index in [0.29, 0.717) is 37.5 Å². The molecular formula is C19H23N5O3. The molecule has 0 bridgehead atoms. The van der Waals surface area contributed by atoms with Crippen LogP contribution in [0.5, 0.6) is 5.75 Å². The van der Waals surface area contributed by atoms with Gasteiger partial charge in [0.15, 0.2) is 11.6 Å².